The summed E-state index contributed by atoms with van der Waals surface area (Å²) in [6, 6.07) is 1.76. The van der Waals surface area contributed by atoms with E-state index in [0.717, 1.165) is 17.0 Å². The number of carboxylic acid groups (broad SMARTS) is 1. The molecule has 0 bridgehead atoms. The van der Waals surface area contributed by atoms with Crippen molar-refractivity contribution in [2.75, 3.05) is 0 Å². The maximum Gasteiger partial charge on any atom is 0.306 e. The zero-order chi connectivity index (χ0) is 15.6. The zero-order valence-electron chi connectivity index (χ0n) is 12.6. The summed E-state index contributed by atoms with van der Waals surface area (Å²) in [5.41, 5.74) is 3.15. The van der Waals surface area contributed by atoms with Gasteiger partial charge in [0.1, 0.15) is 11.5 Å². The van der Waals surface area contributed by atoms with E-state index in [0.29, 0.717) is 23.8 Å². The SMILES string of the molecule is Cc1nccc(-c2nc(C)c(CC(C)C(=O)O)c(C)n2)n1. The molecule has 0 fully saturated rings. The van der Waals surface area contributed by atoms with Crippen molar-refractivity contribution >= 4 is 5.97 Å². The van der Waals surface area contributed by atoms with Crippen LogP contribution in [0.15, 0.2) is 12.3 Å². The molecule has 110 valence electrons. The highest BCUT2D eigenvalue weighted by atomic mass is 16.4. The van der Waals surface area contributed by atoms with Gasteiger partial charge in [-0.1, -0.05) is 6.92 Å². The summed E-state index contributed by atoms with van der Waals surface area (Å²) in [4.78, 5) is 28.3. The molecule has 0 aliphatic heterocycles. The third-order valence-electron chi connectivity index (χ3n) is 3.36. The molecule has 1 N–H and O–H groups in total. The summed E-state index contributed by atoms with van der Waals surface area (Å²) in [6.07, 6.45) is 2.10. The Hall–Kier alpha value is -2.37. The van der Waals surface area contributed by atoms with E-state index in [4.69, 9.17) is 5.11 Å². The van der Waals surface area contributed by atoms with Crippen molar-refractivity contribution in [2.45, 2.75) is 34.1 Å². The smallest absolute Gasteiger partial charge is 0.306 e. The lowest BCUT2D eigenvalue weighted by Crippen LogP contribution is -2.15. The highest BCUT2D eigenvalue weighted by Gasteiger charge is 2.17. The number of aliphatic carboxylic acids is 1. The molecule has 1 atom stereocenters. The Balaban J connectivity index is 2.39. The molecule has 1 unspecified atom stereocenters. The number of aryl methyl sites for hydroxylation is 3. The molecule has 0 saturated heterocycles. The molecule has 6 nitrogen and oxygen atoms in total. The van der Waals surface area contributed by atoms with Crippen molar-refractivity contribution in [3.05, 3.63) is 35.0 Å². The van der Waals surface area contributed by atoms with Gasteiger partial charge >= 0.3 is 5.97 Å². The monoisotopic (exact) mass is 286 g/mol. The third-order valence-corrected chi connectivity index (χ3v) is 3.36. The second-order valence-corrected chi connectivity index (χ2v) is 5.13. The van der Waals surface area contributed by atoms with E-state index in [2.05, 4.69) is 19.9 Å². The van der Waals surface area contributed by atoms with Crippen molar-refractivity contribution in [3.63, 3.8) is 0 Å². The maximum atomic E-state index is 11.0. The molecule has 21 heavy (non-hydrogen) atoms. The van der Waals surface area contributed by atoms with Crippen molar-refractivity contribution in [1.82, 2.24) is 19.9 Å². The number of carbonyl (C=O) groups is 1. The summed E-state index contributed by atoms with van der Waals surface area (Å²) in [5, 5.41) is 9.03. The Morgan fingerprint density at radius 3 is 2.33 bits per heavy atom. The zero-order valence-corrected chi connectivity index (χ0v) is 12.6. The Labute approximate surface area is 123 Å². The number of nitrogens with zero attached hydrogens (tertiary/aromatic N) is 4. The second-order valence-electron chi connectivity index (χ2n) is 5.13. The summed E-state index contributed by atoms with van der Waals surface area (Å²) in [6.45, 7) is 7.24. The first-order chi connectivity index (χ1) is 9.88. The molecule has 0 amide bonds. The fourth-order valence-electron chi connectivity index (χ4n) is 2.12. The van der Waals surface area contributed by atoms with Gasteiger partial charge in [-0.25, -0.2) is 19.9 Å². The van der Waals surface area contributed by atoms with E-state index in [1.54, 1.807) is 19.2 Å². The molecule has 0 spiro atoms. The summed E-state index contributed by atoms with van der Waals surface area (Å²) < 4.78 is 0. The van der Waals surface area contributed by atoms with Gasteiger partial charge in [0, 0.05) is 17.6 Å². The first-order valence-corrected chi connectivity index (χ1v) is 6.75. The van der Waals surface area contributed by atoms with Gasteiger partial charge < -0.3 is 5.11 Å². The summed E-state index contributed by atoms with van der Waals surface area (Å²) >= 11 is 0. The van der Waals surface area contributed by atoms with Crippen LogP contribution in [0.3, 0.4) is 0 Å². The van der Waals surface area contributed by atoms with Crippen molar-refractivity contribution in [2.24, 2.45) is 5.92 Å². The fraction of sp³-hybridized carbons (Fsp3) is 0.400. The molecule has 0 aliphatic carbocycles. The Morgan fingerprint density at radius 2 is 1.81 bits per heavy atom. The van der Waals surface area contributed by atoms with Crippen molar-refractivity contribution < 1.29 is 9.90 Å². The van der Waals surface area contributed by atoms with Gasteiger partial charge in [-0.05, 0) is 38.8 Å². The van der Waals surface area contributed by atoms with Gasteiger partial charge in [-0.2, -0.15) is 0 Å². The van der Waals surface area contributed by atoms with Crippen LogP contribution in [0.2, 0.25) is 0 Å². The number of rotatable bonds is 4. The van der Waals surface area contributed by atoms with Crippen LogP contribution in [0.25, 0.3) is 11.5 Å². The molecule has 0 radical (unpaired) electrons. The van der Waals surface area contributed by atoms with Gasteiger partial charge in [-0.3, -0.25) is 4.79 Å². The van der Waals surface area contributed by atoms with Crippen LogP contribution in [0.4, 0.5) is 0 Å². The molecule has 2 aromatic heterocycles. The van der Waals surface area contributed by atoms with Gasteiger partial charge in [-0.15, -0.1) is 0 Å². The predicted molar refractivity (Wildman–Crippen MR) is 77.8 cm³/mol. The number of aromatic nitrogens is 4. The van der Waals surface area contributed by atoms with Crippen molar-refractivity contribution in [1.29, 1.82) is 0 Å². The molecule has 2 aromatic rings. The molecular formula is C15H18N4O2. The summed E-state index contributed by atoms with van der Waals surface area (Å²) in [7, 11) is 0. The normalized spacial score (nSPS) is 12.2. The Morgan fingerprint density at radius 1 is 1.19 bits per heavy atom. The average molecular weight is 286 g/mol. The van der Waals surface area contributed by atoms with E-state index in [1.165, 1.54) is 0 Å². The topological polar surface area (TPSA) is 88.9 Å². The van der Waals surface area contributed by atoms with E-state index < -0.39 is 11.9 Å². The minimum atomic E-state index is -0.815. The van der Waals surface area contributed by atoms with Gasteiger partial charge in [0.2, 0.25) is 0 Å². The summed E-state index contributed by atoms with van der Waals surface area (Å²) in [5.74, 6) is -0.0698. The second kappa shape index (κ2) is 5.95. The minimum absolute atomic E-state index is 0.427. The van der Waals surface area contributed by atoms with Crippen LogP contribution in [-0.4, -0.2) is 31.0 Å². The van der Waals surface area contributed by atoms with Gasteiger partial charge in [0.15, 0.2) is 5.82 Å². The third kappa shape index (κ3) is 3.39. The molecular weight excluding hydrogens is 268 g/mol. The van der Waals surface area contributed by atoms with Crippen LogP contribution >= 0.6 is 0 Å². The van der Waals surface area contributed by atoms with Gasteiger partial charge in [0.25, 0.3) is 0 Å². The maximum absolute atomic E-state index is 11.0. The molecule has 0 saturated carbocycles. The minimum Gasteiger partial charge on any atom is -0.481 e. The molecule has 0 aliphatic rings. The van der Waals surface area contributed by atoms with Gasteiger partial charge in [0.05, 0.1) is 5.92 Å². The van der Waals surface area contributed by atoms with Crippen LogP contribution in [0, 0.1) is 26.7 Å². The highest BCUT2D eigenvalue weighted by Crippen LogP contribution is 2.19. The van der Waals surface area contributed by atoms with Crippen molar-refractivity contribution in [3.8, 4) is 11.5 Å². The van der Waals surface area contributed by atoms with E-state index in [9.17, 15) is 4.79 Å². The van der Waals surface area contributed by atoms with Crippen LogP contribution in [0.1, 0.15) is 29.7 Å². The number of carboxylic acids is 1. The predicted octanol–water partition coefficient (Wildman–Crippen LogP) is 2.12. The molecule has 2 rings (SSSR count). The average Bonchev–Trinajstić information content (AvgIpc) is 2.42. The standard InChI is InChI=1S/C15H18N4O2/c1-8(15(20)21)7-12-9(2)17-14(18-10(12)3)13-5-6-16-11(4)19-13/h5-6,8H,7H2,1-4H3,(H,20,21). The fourth-order valence-corrected chi connectivity index (χ4v) is 2.12. The van der Waals surface area contributed by atoms with E-state index in [-0.39, 0.29) is 0 Å². The Bertz CT molecular complexity index is 662. The first-order valence-electron chi connectivity index (χ1n) is 6.75. The lowest BCUT2D eigenvalue weighted by molar-refractivity contribution is -0.141. The Kier molecular flexibility index (Phi) is 4.26. The first kappa shape index (κ1) is 15.0. The quantitative estimate of drug-likeness (QED) is 0.926. The highest BCUT2D eigenvalue weighted by molar-refractivity contribution is 5.70. The number of hydrogen-bond donors (Lipinski definition) is 1. The van der Waals surface area contributed by atoms with E-state index >= 15 is 0 Å². The molecule has 2 heterocycles. The van der Waals surface area contributed by atoms with Crippen LogP contribution in [-0.2, 0) is 11.2 Å². The lowest BCUT2D eigenvalue weighted by Gasteiger charge is -2.13. The van der Waals surface area contributed by atoms with Crippen LogP contribution in [0.5, 0.6) is 0 Å². The molecule has 0 aromatic carbocycles. The molecule has 6 heteroatoms. The largest absolute Gasteiger partial charge is 0.481 e. The lowest BCUT2D eigenvalue weighted by atomic mass is 9.99. The number of hydrogen-bond acceptors (Lipinski definition) is 5. The van der Waals surface area contributed by atoms with E-state index in [1.807, 2.05) is 20.8 Å². The van der Waals surface area contributed by atoms with Crippen LogP contribution < -0.4 is 0 Å².